The van der Waals surface area contributed by atoms with Crippen molar-refractivity contribution < 1.29 is 14.4 Å². The molecule has 34 heavy (non-hydrogen) atoms. The average Bonchev–Trinajstić information content (AvgIpc) is 3.54. The number of hydrogen-bond donors (Lipinski definition) is 3. The number of aromatic nitrogens is 1. The highest BCUT2D eigenvalue weighted by Crippen LogP contribution is 2.54. The van der Waals surface area contributed by atoms with Gasteiger partial charge in [0.2, 0.25) is 17.7 Å². The summed E-state index contributed by atoms with van der Waals surface area (Å²) in [7, 11) is 0. The van der Waals surface area contributed by atoms with Gasteiger partial charge in [-0.3, -0.25) is 24.6 Å². The van der Waals surface area contributed by atoms with Crippen LogP contribution in [-0.2, 0) is 26.3 Å². The van der Waals surface area contributed by atoms with E-state index in [0.29, 0.717) is 12.8 Å². The Morgan fingerprint density at radius 3 is 2.65 bits per heavy atom. The summed E-state index contributed by atoms with van der Waals surface area (Å²) in [6.45, 7) is 5.82. The Morgan fingerprint density at radius 1 is 1.06 bits per heavy atom. The van der Waals surface area contributed by atoms with Crippen molar-refractivity contribution in [3.63, 3.8) is 0 Å². The fourth-order valence-corrected chi connectivity index (χ4v) is 6.33. The number of para-hydroxylation sites is 2. The van der Waals surface area contributed by atoms with E-state index in [1.54, 1.807) is 0 Å². The van der Waals surface area contributed by atoms with Gasteiger partial charge in [0.15, 0.2) is 0 Å². The number of hydrogen-bond acceptors (Lipinski definition) is 4. The largest absolute Gasteiger partial charge is 0.361 e. The zero-order chi connectivity index (χ0) is 23.8. The summed E-state index contributed by atoms with van der Waals surface area (Å²) in [5.74, 6) is -2.05. The van der Waals surface area contributed by atoms with Gasteiger partial charge < -0.3 is 10.3 Å². The number of carbonyl (C=O) groups excluding carboxylic acids is 3. The third-order valence-corrected chi connectivity index (χ3v) is 8.14. The minimum absolute atomic E-state index is 0.174. The maximum atomic E-state index is 13.8. The highest BCUT2D eigenvalue weighted by atomic mass is 16.2. The first-order valence-corrected chi connectivity index (χ1v) is 12.0. The summed E-state index contributed by atoms with van der Waals surface area (Å²) in [5.41, 5.74) is 3.29. The van der Waals surface area contributed by atoms with Gasteiger partial charge in [0.1, 0.15) is 5.54 Å². The van der Waals surface area contributed by atoms with Crippen LogP contribution in [0.2, 0.25) is 0 Å². The predicted octanol–water partition coefficient (Wildman–Crippen LogP) is 3.24. The monoisotopic (exact) mass is 456 g/mol. The second kappa shape index (κ2) is 7.27. The van der Waals surface area contributed by atoms with Crippen LogP contribution in [0.15, 0.2) is 48.7 Å². The van der Waals surface area contributed by atoms with Crippen molar-refractivity contribution in [2.75, 3.05) is 5.32 Å². The summed E-state index contributed by atoms with van der Waals surface area (Å²) in [5, 5.41) is 7.66. The Bertz CT molecular complexity index is 1360. The fraction of sp³-hybridized carbons (Fsp3) is 0.370. The summed E-state index contributed by atoms with van der Waals surface area (Å²) >= 11 is 0. The van der Waals surface area contributed by atoms with Gasteiger partial charge in [0, 0.05) is 40.4 Å². The molecule has 4 heterocycles. The van der Waals surface area contributed by atoms with Gasteiger partial charge in [-0.15, -0.1) is 0 Å². The SMILES string of the molecule is CC[C@@H](C)N1C(=O)[C@H]2[C@@H](C1=O)[C@@]1(N[C@@H]2Cc2c[nH]c3ccccc23)C(=O)Nc2c(C)cccc21. The van der Waals surface area contributed by atoms with E-state index in [9.17, 15) is 14.4 Å². The standard InChI is InChI=1S/C27H28N4O3/c1-4-15(3)31-24(32)21-20(12-16-13-28-19-11-6-5-9-17(16)19)30-27(22(21)25(31)33)18-10-7-8-14(2)23(18)29-26(27)34/h5-11,13,15,20-22,28,30H,4,12H2,1-3H3,(H,29,34)/t15-,20-,21-,22+,27-/m1/s1. The lowest BCUT2D eigenvalue weighted by Crippen LogP contribution is -2.54. The van der Waals surface area contributed by atoms with E-state index in [0.717, 1.165) is 33.3 Å². The van der Waals surface area contributed by atoms with Gasteiger partial charge >= 0.3 is 0 Å². The zero-order valence-electron chi connectivity index (χ0n) is 19.5. The van der Waals surface area contributed by atoms with Crippen LogP contribution in [0.25, 0.3) is 10.9 Å². The van der Waals surface area contributed by atoms with E-state index in [1.165, 1.54) is 4.90 Å². The van der Waals surface area contributed by atoms with Crippen LogP contribution < -0.4 is 10.6 Å². The number of carbonyl (C=O) groups is 3. The van der Waals surface area contributed by atoms with Crippen molar-refractivity contribution in [2.45, 2.75) is 51.2 Å². The van der Waals surface area contributed by atoms with E-state index in [1.807, 2.05) is 63.4 Å². The van der Waals surface area contributed by atoms with Gasteiger partial charge in [-0.2, -0.15) is 0 Å². The number of likely N-dealkylation sites (tertiary alicyclic amines) is 1. The summed E-state index contributed by atoms with van der Waals surface area (Å²) in [6, 6.07) is 13.2. The van der Waals surface area contributed by atoms with Gasteiger partial charge in [-0.25, -0.2) is 0 Å². The highest BCUT2D eigenvalue weighted by Gasteiger charge is 2.70. The molecule has 1 spiro atoms. The Hall–Kier alpha value is -3.45. The van der Waals surface area contributed by atoms with Gasteiger partial charge in [0.05, 0.1) is 11.8 Å². The lowest BCUT2D eigenvalue weighted by Gasteiger charge is -2.31. The molecule has 0 saturated carbocycles. The number of aryl methyl sites for hydroxylation is 1. The molecule has 0 unspecified atom stereocenters. The van der Waals surface area contributed by atoms with Gasteiger partial charge in [-0.05, 0) is 43.9 Å². The molecule has 0 bridgehead atoms. The van der Waals surface area contributed by atoms with Gasteiger partial charge in [-0.1, -0.05) is 43.3 Å². The average molecular weight is 457 g/mol. The molecular weight excluding hydrogens is 428 g/mol. The molecule has 3 aromatic rings. The van der Waals surface area contributed by atoms with Crippen molar-refractivity contribution in [3.05, 3.63) is 65.4 Å². The molecule has 174 valence electrons. The van der Waals surface area contributed by atoms with Crippen molar-refractivity contribution in [1.82, 2.24) is 15.2 Å². The van der Waals surface area contributed by atoms with Gasteiger partial charge in [0.25, 0.3) is 0 Å². The molecule has 2 saturated heterocycles. The molecule has 3 N–H and O–H groups in total. The Kier molecular flexibility index (Phi) is 4.51. The van der Waals surface area contributed by atoms with Crippen molar-refractivity contribution in [1.29, 1.82) is 0 Å². The summed E-state index contributed by atoms with van der Waals surface area (Å²) < 4.78 is 0. The Labute approximate surface area is 197 Å². The van der Waals surface area contributed by atoms with Crippen molar-refractivity contribution >= 4 is 34.3 Å². The molecule has 7 heteroatoms. The van der Waals surface area contributed by atoms with Crippen LogP contribution in [-0.4, -0.2) is 39.7 Å². The molecule has 1 aromatic heterocycles. The maximum absolute atomic E-state index is 13.8. The number of imide groups is 1. The van der Waals surface area contributed by atoms with Crippen LogP contribution in [0.5, 0.6) is 0 Å². The lowest BCUT2D eigenvalue weighted by molar-refractivity contribution is -0.145. The molecule has 2 fully saturated rings. The summed E-state index contributed by atoms with van der Waals surface area (Å²) in [4.78, 5) is 46.0. The second-order valence-electron chi connectivity index (χ2n) is 9.88. The number of fused-ring (bicyclic) bond motifs is 5. The Balaban J connectivity index is 1.50. The van der Waals surface area contributed by atoms with E-state index in [2.05, 4.69) is 21.7 Å². The quantitative estimate of drug-likeness (QED) is 0.526. The second-order valence-corrected chi connectivity index (χ2v) is 9.88. The van der Waals surface area contributed by atoms with Crippen LogP contribution in [0.4, 0.5) is 5.69 Å². The fourth-order valence-electron chi connectivity index (χ4n) is 6.33. The topological polar surface area (TPSA) is 94.3 Å². The van der Waals surface area contributed by atoms with E-state index < -0.39 is 17.4 Å². The van der Waals surface area contributed by atoms with Crippen LogP contribution in [0, 0.1) is 18.8 Å². The van der Waals surface area contributed by atoms with E-state index in [-0.39, 0.29) is 29.8 Å². The first kappa shape index (κ1) is 21.1. The normalized spacial score (nSPS) is 28.6. The molecule has 7 nitrogen and oxygen atoms in total. The van der Waals surface area contributed by atoms with Crippen LogP contribution in [0.3, 0.4) is 0 Å². The Morgan fingerprint density at radius 2 is 1.85 bits per heavy atom. The molecule has 2 aromatic carbocycles. The van der Waals surface area contributed by atoms with Crippen LogP contribution in [0.1, 0.15) is 37.0 Å². The molecule has 6 rings (SSSR count). The molecule has 3 amide bonds. The zero-order valence-corrected chi connectivity index (χ0v) is 19.5. The molecule has 0 aliphatic carbocycles. The first-order chi connectivity index (χ1) is 16.4. The molecule has 0 radical (unpaired) electrons. The highest BCUT2D eigenvalue weighted by molar-refractivity contribution is 6.15. The van der Waals surface area contributed by atoms with E-state index >= 15 is 0 Å². The molecule has 5 atom stereocenters. The molecule has 3 aliphatic heterocycles. The van der Waals surface area contributed by atoms with E-state index in [4.69, 9.17) is 0 Å². The molecule has 3 aliphatic rings. The third-order valence-electron chi connectivity index (χ3n) is 8.14. The third kappa shape index (κ3) is 2.59. The van der Waals surface area contributed by atoms with Crippen LogP contribution >= 0.6 is 0 Å². The minimum atomic E-state index is -1.25. The predicted molar refractivity (Wildman–Crippen MR) is 129 cm³/mol. The van der Waals surface area contributed by atoms with Crippen molar-refractivity contribution in [3.8, 4) is 0 Å². The minimum Gasteiger partial charge on any atom is -0.361 e. The summed E-state index contributed by atoms with van der Waals surface area (Å²) in [6.07, 6.45) is 3.17. The van der Waals surface area contributed by atoms with Crippen molar-refractivity contribution in [2.24, 2.45) is 11.8 Å². The number of nitrogens with zero attached hydrogens (tertiary/aromatic N) is 1. The number of aromatic amines is 1. The molecular formula is C27H28N4O3. The number of H-pyrrole nitrogens is 1. The number of rotatable bonds is 4. The maximum Gasteiger partial charge on any atom is 0.250 e. The lowest BCUT2D eigenvalue weighted by atomic mass is 9.76. The number of amides is 3. The number of benzene rings is 2. The smallest absolute Gasteiger partial charge is 0.250 e. The first-order valence-electron chi connectivity index (χ1n) is 12.0. The number of nitrogens with one attached hydrogen (secondary N) is 3. The number of anilines is 1.